The highest BCUT2D eigenvalue weighted by atomic mass is 16.2. The van der Waals surface area contributed by atoms with E-state index >= 15 is 0 Å². The molecule has 2 N–H and O–H groups in total. The first kappa shape index (κ1) is 15.8. The van der Waals surface area contributed by atoms with Gasteiger partial charge in [-0.25, -0.2) is 0 Å². The molecule has 2 rings (SSSR count). The molecule has 0 bridgehead atoms. The molecule has 116 valence electrons. The predicted molar refractivity (Wildman–Crippen MR) is 84.6 cm³/mol. The van der Waals surface area contributed by atoms with Crippen molar-refractivity contribution in [3.05, 3.63) is 47.3 Å². The molecule has 0 aliphatic heterocycles. The molecule has 0 radical (unpaired) electrons. The van der Waals surface area contributed by atoms with Gasteiger partial charge in [0.1, 0.15) is 0 Å². The van der Waals surface area contributed by atoms with Crippen LogP contribution in [0.3, 0.4) is 0 Å². The number of nitrogens with two attached hydrogens (primary N) is 1. The van der Waals surface area contributed by atoms with Crippen molar-refractivity contribution in [2.75, 3.05) is 11.4 Å². The van der Waals surface area contributed by atoms with Gasteiger partial charge >= 0.3 is 0 Å². The van der Waals surface area contributed by atoms with Gasteiger partial charge in [-0.15, -0.1) is 0 Å². The summed E-state index contributed by atoms with van der Waals surface area (Å²) in [6.07, 6.45) is 1.66. The Morgan fingerprint density at radius 1 is 1.32 bits per heavy atom. The second-order valence-corrected chi connectivity index (χ2v) is 5.28. The third kappa shape index (κ3) is 3.33. The summed E-state index contributed by atoms with van der Waals surface area (Å²) >= 11 is 0. The summed E-state index contributed by atoms with van der Waals surface area (Å²) in [5.74, 6) is -0.620. The number of carbonyl (C=O) groups is 2. The number of primary amides is 1. The maximum atomic E-state index is 12.8. The number of rotatable bonds is 5. The zero-order chi connectivity index (χ0) is 16.3. The Labute approximate surface area is 129 Å². The Morgan fingerprint density at radius 2 is 2.05 bits per heavy atom. The maximum Gasteiger partial charge on any atom is 0.261 e. The molecule has 0 fully saturated rings. The normalized spacial score (nSPS) is 10.5. The van der Waals surface area contributed by atoms with Crippen LogP contribution in [0, 0.1) is 13.8 Å². The van der Waals surface area contributed by atoms with Gasteiger partial charge in [-0.3, -0.25) is 14.3 Å². The Hall–Kier alpha value is -2.63. The van der Waals surface area contributed by atoms with E-state index in [1.54, 1.807) is 22.8 Å². The van der Waals surface area contributed by atoms with Crippen LogP contribution in [0.2, 0.25) is 0 Å². The van der Waals surface area contributed by atoms with E-state index in [9.17, 15) is 9.59 Å². The average molecular weight is 300 g/mol. The van der Waals surface area contributed by atoms with Crippen molar-refractivity contribution in [3.63, 3.8) is 0 Å². The number of amides is 2. The molecule has 0 saturated heterocycles. The molecular weight excluding hydrogens is 280 g/mol. The molecule has 22 heavy (non-hydrogen) atoms. The number of aromatic nitrogens is 2. The number of aryl methyl sites for hydroxylation is 2. The van der Waals surface area contributed by atoms with Crippen LogP contribution in [-0.2, 0) is 11.8 Å². The molecule has 0 aliphatic carbocycles. The van der Waals surface area contributed by atoms with E-state index in [0.29, 0.717) is 5.56 Å². The minimum atomic E-state index is -0.437. The lowest BCUT2D eigenvalue weighted by Crippen LogP contribution is -2.34. The Balaban J connectivity index is 2.37. The van der Waals surface area contributed by atoms with Crippen LogP contribution in [0.25, 0.3) is 0 Å². The smallest absolute Gasteiger partial charge is 0.261 e. The Bertz CT molecular complexity index is 706. The van der Waals surface area contributed by atoms with Crippen molar-refractivity contribution < 1.29 is 9.59 Å². The van der Waals surface area contributed by atoms with Crippen molar-refractivity contribution in [1.29, 1.82) is 0 Å². The van der Waals surface area contributed by atoms with Gasteiger partial charge in [0.2, 0.25) is 5.91 Å². The zero-order valence-electron chi connectivity index (χ0n) is 13.0. The summed E-state index contributed by atoms with van der Waals surface area (Å²) in [5.41, 5.74) is 8.31. The van der Waals surface area contributed by atoms with Gasteiger partial charge in [0.05, 0.1) is 11.8 Å². The molecule has 0 spiro atoms. The van der Waals surface area contributed by atoms with Crippen molar-refractivity contribution in [1.82, 2.24) is 9.78 Å². The van der Waals surface area contributed by atoms with Crippen LogP contribution >= 0.6 is 0 Å². The van der Waals surface area contributed by atoms with E-state index in [2.05, 4.69) is 5.10 Å². The summed E-state index contributed by atoms with van der Waals surface area (Å²) in [7, 11) is 1.78. The first-order chi connectivity index (χ1) is 10.4. The number of benzene rings is 1. The van der Waals surface area contributed by atoms with Crippen LogP contribution in [0.15, 0.2) is 30.5 Å². The molecule has 1 heterocycles. The lowest BCUT2D eigenvalue weighted by molar-refractivity contribution is -0.117. The van der Waals surface area contributed by atoms with E-state index in [-0.39, 0.29) is 18.9 Å². The van der Waals surface area contributed by atoms with Crippen LogP contribution in [0.5, 0.6) is 0 Å². The SMILES string of the molecule is Cc1cccc(N(CCC(N)=O)C(=O)c2cnn(C)c2C)c1. The van der Waals surface area contributed by atoms with E-state index < -0.39 is 5.91 Å². The third-order valence-electron chi connectivity index (χ3n) is 3.61. The van der Waals surface area contributed by atoms with Crippen molar-refractivity contribution in [2.24, 2.45) is 12.8 Å². The second kappa shape index (κ2) is 6.43. The lowest BCUT2D eigenvalue weighted by Gasteiger charge is -2.22. The third-order valence-corrected chi connectivity index (χ3v) is 3.61. The van der Waals surface area contributed by atoms with Crippen LogP contribution in [0.1, 0.15) is 28.0 Å². The second-order valence-electron chi connectivity index (χ2n) is 5.28. The fourth-order valence-corrected chi connectivity index (χ4v) is 2.22. The summed E-state index contributed by atoms with van der Waals surface area (Å²) in [6, 6.07) is 7.59. The van der Waals surface area contributed by atoms with Gasteiger partial charge < -0.3 is 10.6 Å². The predicted octanol–water partition coefficient (Wildman–Crippen LogP) is 1.56. The van der Waals surface area contributed by atoms with Gasteiger partial charge in [0.25, 0.3) is 5.91 Å². The molecule has 0 unspecified atom stereocenters. The minimum Gasteiger partial charge on any atom is -0.370 e. The van der Waals surface area contributed by atoms with Crippen molar-refractivity contribution in [2.45, 2.75) is 20.3 Å². The van der Waals surface area contributed by atoms with Gasteiger partial charge in [-0.1, -0.05) is 12.1 Å². The van der Waals surface area contributed by atoms with Gasteiger partial charge in [0.15, 0.2) is 0 Å². The van der Waals surface area contributed by atoms with Crippen molar-refractivity contribution >= 4 is 17.5 Å². The molecule has 1 aromatic carbocycles. The summed E-state index contributed by atoms with van der Waals surface area (Å²) in [4.78, 5) is 25.5. The summed E-state index contributed by atoms with van der Waals surface area (Å²) in [6.45, 7) is 4.03. The molecular formula is C16H20N4O2. The number of carbonyl (C=O) groups excluding carboxylic acids is 2. The van der Waals surface area contributed by atoms with E-state index in [4.69, 9.17) is 5.73 Å². The largest absolute Gasteiger partial charge is 0.370 e. The van der Waals surface area contributed by atoms with E-state index in [1.807, 2.05) is 38.1 Å². The first-order valence-corrected chi connectivity index (χ1v) is 7.05. The van der Waals surface area contributed by atoms with Crippen LogP contribution in [0.4, 0.5) is 5.69 Å². The van der Waals surface area contributed by atoms with Gasteiger partial charge in [-0.05, 0) is 31.5 Å². The highest BCUT2D eigenvalue weighted by Gasteiger charge is 2.22. The summed E-state index contributed by atoms with van der Waals surface area (Å²) < 4.78 is 1.65. The molecule has 2 aromatic rings. The molecule has 0 aliphatic rings. The fraction of sp³-hybridized carbons (Fsp3) is 0.312. The highest BCUT2D eigenvalue weighted by molar-refractivity contribution is 6.07. The number of hydrogen-bond acceptors (Lipinski definition) is 3. The number of nitrogens with zero attached hydrogens (tertiary/aromatic N) is 3. The fourth-order valence-electron chi connectivity index (χ4n) is 2.22. The lowest BCUT2D eigenvalue weighted by atomic mass is 10.1. The van der Waals surface area contributed by atoms with Gasteiger partial charge in [0, 0.05) is 31.4 Å². The van der Waals surface area contributed by atoms with E-state index in [1.165, 1.54) is 0 Å². The Kier molecular flexibility index (Phi) is 4.60. The monoisotopic (exact) mass is 300 g/mol. The standard InChI is InChI=1S/C16H20N4O2/c1-11-5-4-6-13(9-11)20(8-7-15(17)21)16(22)14-10-18-19(3)12(14)2/h4-6,9-10H,7-8H2,1-3H3,(H2,17,21). The molecule has 6 nitrogen and oxygen atoms in total. The zero-order valence-corrected chi connectivity index (χ0v) is 13.0. The van der Waals surface area contributed by atoms with Gasteiger partial charge in [-0.2, -0.15) is 5.10 Å². The molecule has 0 atom stereocenters. The quantitative estimate of drug-likeness (QED) is 0.909. The molecule has 0 saturated carbocycles. The van der Waals surface area contributed by atoms with Crippen LogP contribution < -0.4 is 10.6 Å². The van der Waals surface area contributed by atoms with Crippen LogP contribution in [-0.4, -0.2) is 28.1 Å². The first-order valence-electron chi connectivity index (χ1n) is 7.05. The molecule has 1 aromatic heterocycles. The number of hydrogen-bond donors (Lipinski definition) is 1. The topological polar surface area (TPSA) is 81.2 Å². The molecule has 2 amide bonds. The molecule has 6 heteroatoms. The number of anilines is 1. The highest BCUT2D eigenvalue weighted by Crippen LogP contribution is 2.20. The maximum absolute atomic E-state index is 12.8. The minimum absolute atomic E-state index is 0.110. The summed E-state index contributed by atoms with van der Waals surface area (Å²) in [5, 5.41) is 4.10. The Morgan fingerprint density at radius 3 is 2.59 bits per heavy atom. The van der Waals surface area contributed by atoms with Crippen molar-refractivity contribution in [3.8, 4) is 0 Å². The van der Waals surface area contributed by atoms with E-state index in [0.717, 1.165) is 16.9 Å². The average Bonchev–Trinajstić information content (AvgIpc) is 2.79.